The smallest absolute Gasteiger partial charge is 0.254 e. The van der Waals surface area contributed by atoms with Gasteiger partial charge in [-0.15, -0.1) is 11.3 Å². The predicted molar refractivity (Wildman–Crippen MR) is 99.1 cm³/mol. The first-order valence-corrected chi connectivity index (χ1v) is 10.3. The number of sulfone groups is 1. The third kappa shape index (κ3) is 5.29. The van der Waals surface area contributed by atoms with Gasteiger partial charge >= 0.3 is 0 Å². The highest BCUT2D eigenvalue weighted by molar-refractivity contribution is 7.91. The van der Waals surface area contributed by atoms with Gasteiger partial charge in [-0.25, -0.2) is 8.42 Å². The van der Waals surface area contributed by atoms with E-state index in [2.05, 4.69) is 10.6 Å². The first-order chi connectivity index (χ1) is 11.8. The van der Waals surface area contributed by atoms with Crippen LogP contribution in [0.4, 0.5) is 5.00 Å². The fourth-order valence-corrected chi connectivity index (χ4v) is 4.33. The van der Waals surface area contributed by atoms with Gasteiger partial charge in [0.1, 0.15) is 5.00 Å². The largest absolute Gasteiger partial charge is 0.355 e. The Morgan fingerprint density at radius 3 is 2.48 bits per heavy atom. The summed E-state index contributed by atoms with van der Waals surface area (Å²) >= 11 is 6.98. The summed E-state index contributed by atoms with van der Waals surface area (Å²) in [6.45, 7) is 0. The quantitative estimate of drug-likeness (QED) is 0.747. The first-order valence-electron chi connectivity index (χ1n) is 7.41. The Hall–Kier alpha value is -1.90. The van der Waals surface area contributed by atoms with Crippen molar-refractivity contribution in [3.63, 3.8) is 0 Å². The van der Waals surface area contributed by atoms with Gasteiger partial charge in [0.2, 0.25) is 5.91 Å². The lowest BCUT2D eigenvalue weighted by Crippen LogP contribution is -2.20. The Morgan fingerprint density at radius 2 is 1.84 bits per heavy atom. The van der Waals surface area contributed by atoms with Crippen molar-refractivity contribution in [2.75, 3.05) is 18.1 Å². The third-order valence-electron chi connectivity index (χ3n) is 3.38. The summed E-state index contributed by atoms with van der Waals surface area (Å²) in [5.41, 5.74) is 0.384. The van der Waals surface area contributed by atoms with Gasteiger partial charge in [-0.05, 0) is 42.1 Å². The van der Waals surface area contributed by atoms with Gasteiger partial charge in [-0.2, -0.15) is 0 Å². The topological polar surface area (TPSA) is 92.3 Å². The average Bonchev–Trinajstić information content (AvgIpc) is 3.02. The van der Waals surface area contributed by atoms with Crippen LogP contribution in [0.5, 0.6) is 0 Å². The summed E-state index contributed by atoms with van der Waals surface area (Å²) in [6.07, 6.45) is 0.218. The molecule has 9 heteroatoms. The van der Waals surface area contributed by atoms with Crippen molar-refractivity contribution in [2.24, 2.45) is 0 Å². The van der Waals surface area contributed by atoms with E-state index < -0.39 is 9.84 Å². The van der Waals surface area contributed by atoms with E-state index >= 15 is 0 Å². The first kappa shape index (κ1) is 19.4. The summed E-state index contributed by atoms with van der Waals surface area (Å²) < 4.78 is 24.4. The molecular weight excluding hydrogens is 384 g/mol. The second kappa shape index (κ2) is 8.46. The van der Waals surface area contributed by atoms with Crippen molar-refractivity contribution in [3.05, 3.63) is 46.3 Å². The number of hydrogen-bond donors (Lipinski definition) is 2. The molecule has 134 valence electrons. The van der Waals surface area contributed by atoms with Crippen LogP contribution in [0.3, 0.4) is 0 Å². The van der Waals surface area contributed by atoms with Crippen LogP contribution in [-0.2, 0) is 14.6 Å². The van der Waals surface area contributed by atoms with Crippen LogP contribution in [0.1, 0.15) is 23.2 Å². The maximum Gasteiger partial charge on any atom is 0.254 e. The molecule has 25 heavy (non-hydrogen) atoms. The Bertz CT molecular complexity index is 861. The number of halogens is 1. The molecule has 0 aliphatic carbocycles. The molecule has 0 saturated heterocycles. The van der Waals surface area contributed by atoms with E-state index in [0.717, 1.165) is 0 Å². The molecule has 1 aromatic carbocycles. The van der Waals surface area contributed by atoms with Gasteiger partial charge in [0.05, 0.1) is 16.2 Å². The number of anilines is 1. The zero-order chi connectivity index (χ0) is 18.4. The molecule has 1 aromatic heterocycles. The molecule has 0 radical (unpaired) electrons. The molecule has 2 amide bonds. The number of carbonyl (C=O) groups is 2. The number of thiophene rings is 1. The number of nitrogens with one attached hydrogen (secondary N) is 2. The summed E-state index contributed by atoms with van der Waals surface area (Å²) in [4.78, 5) is 23.8. The lowest BCUT2D eigenvalue weighted by atomic mass is 10.3. The summed E-state index contributed by atoms with van der Waals surface area (Å²) in [5.74, 6) is -0.768. The fraction of sp³-hybridized carbons (Fsp3) is 0.250. The van der Waals surface area contributed by atoms with Crippen molar-refractivity contribution in [1.29, 1.82) is 0 Å². The zero-order valence-corrected chi connectivity index (χ0v) is 15.8. The van der Waals surface area contributed by atoms with E-state index in [4.69, 9.17) is 11.6 Å². The molecule has 0 spiro atoms. The van der Waals surface area contributed by atoms with Crippen molar-refractivity contribution in [3.8, 4) is 0 Å². The minimum atomic E-state index is -3.46. The minimum Gasteiger partial charge on any atom is -0.355 e. The van der Waals surface area contributed by atoms with E-state index in [-0.39, 0.29) is 35.3 Å². The van der Waals surface area contributed by atoms with E-state index in [0.29, 0.717) is 15.6 Å². The van der Waals surface area contributed by atoms with Gasteiger partial charge in [0.25, 0.3) is 5.91 Å². The number of rotatable bonds is 7. The second-order valence-electron chi connectivity index (χ2n) is 5.17. The van der Waals surface area contributed by atoms with Crippen LogP contribution in [-0.4, -0.2) is 33.0 Å². The minimum absolute atomic E-state index is 0.0396. The normalized spacial score (nSPS) is 11.1. The second-order valence-corrected chi connectivity index (χ2v) is 8.63. The number of carbonyl (C=O) groups excluding carboxylic acids is 2. The Balaban J connectivity index is 1.89. The van der Waals surface area contributed by atoms with E-state index in [1.165, 1.54) is 42.6 Å². The zero-order valence-electron chi connectivity index (χ0n) is 13.4. The standard InChI is InChI=1S/C16H17ClN2O4S2/c1-18-15(21)13-8-9-24-16(13)19-14(20)3-2-10-25(22,23)12-6-4-11(17)5-7-12/h4-9H,2-3,10H2,1H3,(H,18,21)(H,19,20). The molecule has 0 saturated carbocycles. The molecule has 1 heterocycles. The Morgan fingerprint density at radius 1 is 1.16 bits per heavy atom. The molecule has 6 nitrogen and oxygen atoms in total. The highest BCUT2D eigenvalue weighted by Gasteiger charge is 2.17. The highest BCUT2D eigenvalue weighted by atomic mass is 35.5. The number of amides is 2. The van der Waals surface area contributed by atoms with Crippen molar-refractivity contribution in [1.82, 2.24) is 5.32 Å². The van der Waals surface area contributed by atoms with Crippen LogP contribution in [0.15, 0.2) is 40.6 Å². The third-order valence-corrected chi connectivity index (χ3v) is 6.28. The van der Waals surface area contributed by atoms with Gasteiger partial charge in [0, 0.05) is 18.5 Å². The van der Waals surface area contributed by atoms with Crippen LogP contribution in [0.2, 0.25) is 5.02 Å². The van der Waals surface area contributed by atoms with Gasteiger partial charge in [0.15, 0.2) is 9.84 Å². The molecule has 0 bridgehead atoms. The molecule has 0 aliphatic heterocycles. The lowest BCUT2D eigenvalue weighted by molar-refractivity contribution is -0.116. The lowest BCUT2D eigenvalue weighted by Gasteiger charge is -2.07. The van der Waals surface area contributed by atoms with Crippen LogP contribution in [0.25, 0.3) is 0 Å². The molecule has 0 fully saturated rings. The van der Waals surface area contributed by atoms with Crippen LogP contribution in [0, 0.1) is 0 Å². The number of hydrogen-bond acceptors (Lipinski definition) is 5. The summed E-state index contributed by atoms with van der Waals surface area (Å²) in [6, 6.07) is 7.53. The molecule has 0 unspecified atom stereocenters. The van der Waals surface area contributed by atoms with E-state index in [1.807, 2.05) is 0 Å². The average molecular weight is 401 g/mol. The van der Waals surface area contributed by atoms with Crippen molar-refractivity contribution >= 4 is 49.6 Å². The summed E-state index contributed by atoms with van der Waals surface area (Å²) in [5, 5.41) is 7.75. The van der Waals surface area contributed by atoms with Crippen LogP contribution >= 0.6 is 22.9 Å². The Labute approximate surface area is 155 Å². The van der Waals surface area contributed by atoms with E-state index in [9.17, 15) is 18.0 Å². The monoisotopic (exact) mass is 400 g/mol. The van der Waals surface area contributed by atoms with Crippen molar-refractivity contribution < 1.29 is 18.0 Å². The molecular formula is C16H17ClN2O4S2. The number of benzene rings is 1. The Kier molecular flexibility index (Phi) is 6.57. The molecule has 0 atom stereocenters. The fourth-order valence-electron chi connectivity index (χ4n) is 2.09. The van der Waals surface area contributed by atoms with Gasteiger partial charge in [-0.3, -0.25) is 9.59 Å². The van der Waals surface area contributed by atoms with Gasteiger partial charge in [-0.1, -0.05) is 11.6 Å². The predicted octanol–water partition coefficient (Wildman–Crippen LogP) is 2.95. The maximum absolute atomic E-state index is 12.2. The van der Waals surface area contributed by atoms with E-state index in [1.54, 1.807) is 11.4 Å². The molecule has 2 aromatic rings. The SMILES string of the molecule is CNC(=O)c1ccsc1NC(=O)CCCS(=O)(=O)c1ccc(Cl)cc1. The molecule has 2 N–H and O–H groups in total. The molecule has 2 rings (SSSR count). The van der Waals surface area contributed by atoms with Crippen molar-refractivity contribution in [2.45, 2.75) is 17.7 Å². The molecule has 0 aliphatic rings. The van der Waals surface area contributed by atoms with Gasteiger partial charge < -0.3 is 10.6 Å². The highest BCUT2D eigenvalue weighted by Crippen LogP contribution is 2.23. The maximum atomic E-state index is 12.2. The van der Waals surface area contributed by atoms with Crippen LogP contribution < -0.4 is 10.6 Å². The summed E-state index contributed by atoms with van der Waals surface area (Å²) in [7, 11) is -1.95.